The van der Waals surface area contributed by atoms with Crippen LogP contribution in [0.25, 0.3) is 5.69 Å². The highest BCUT2D eigenvalue weighted by molar-refractivity contribution is 5.79. The molecule has 1 heterocycles. The summed E-state index contributed by atoms with van der Waals surface area (Å²) in [5.41, 5.74) is 0.472. The Hall–Kier alpha value is -3.10. The molecule has 0 saturated carbocycles. The fourth-order valence-electron chi connectivity index (χ4n) is 2.32. The van der Waals surface area contributed by atoms with Crippen LogP contribution in [-0.4, -0.2) is 52.1 Å². The molecule has 1 aromatic heterocycles. The zero-order chi connectivity index (χ0) is 20.4. The van der Waals surface area contributed by atoms with E-state index in [2.05, 4.69) is 31.1 Å². The normalized spacial score (nSPS) is 11.8. The number of nitrogens with one attached hydrogen (secondary N) is 3. The Kier molecular flexibility index (Phi) is 7.79. The molecule has 0 radical (unpaired) electrons. The van der Waals surface area contributed by atoms with Gasteiger partial charge in [-0.05, 0) is 39.8 Å². The largest absolute Gasteiger partial charge is 0.444 e. The number of guanidine groups is 1. The summed E-state index contributed by atoms with van der Waals surface area (Å²) < 4.78 is 7.10. The standard InChI is InChI=1S/C19H29N7O2/c1-5-20-17(21-11-12-22-18(27)28-19(2,3)4)23-13-16-25-24-14-26(16)15-9-7-6-8-10-15/h6-10,14H,5,11-13H2,1-4H3,(H,22,27)(H2,20,21,23). The Morgan fingerprint density at radius 2 is 1.86 bits per heavy atom. The lowest BCUT2D eigenvalue weighted by molar-refractivity contribution is 0.0529. The van der Waals surface area contributed by atoms with E-state index in [0.29, 0.717) is 25.6 Å². The summed E-state index contributed by atoms with van der Waals surface area (Å²) in [6, 6.07) is 9.87. The summed E-state index contributed by atoms with van der Waals surface area (Å²) in [5, 5.41) is 17.2. The second-order valence-electron chi connectivity index (χ2n) is 7.00. The first-order valence-corrected chi connectivity index (χ1v) is 9.32. The molecular formula is C19H29N7O2. The first kappa shape index (κ1) is 21.2. The van der Waals surface area contributed by atoms with Gasteiger partial charge in [-0.15, -0.1) is 10.2 Å². The first-order chi connectivity index (χ1) is 13.4. The van der Waals surface area contributed by atoms with E-state index < -0.39 is 11.7 Å². The van der Waals surface area contributed by atoms with Crippen molar-refractivity contribution in [3.05, 3.63) is 42.5 Å². The van der Waals surface area contributed by atoms with Crippen LogP contribution >= 0.6 is 0 Å². The third-order valence-corrected chi connectivity index (χ3v) is 3.46. The van der Waals surface area contributed by atoms with Crippen molar-refractivity contribution in [2.75, 3.05) is 19.6 Å². The van der Waals surface area contributed by atoms with Gasteiger partial charge in [-0.2, -0.15) is 0 Å². The van der Waals surface area contributed by atoms with Crippen molar-refractivity contribution in [1.82, 2.24) is 30.7 Å². The first-order valence-electron chi connectivity index (χ1n) is 9.32. The second kappa shape index (κ2) is 10.3. The zero-order valence-corrected chi connectivity index (χ0v) is 16.9. The highest BCUT2D eigenvalue weighted by atomic mass is 16.6. The van der Waals surface area contributed by atoms with Gasteiger partial charge in [0.2, 0.25) is 0 Å². The Bertz CT molecular complexity index is 766. The van der Waals surface area contributed by atoms with Crippen LogP contribution in [0.15, 0.2) is 41.7 Å². The molecule has 0 saturated heterocycles. The van der Waals surface area contributed by atoms with E-state index in [0.717, 1.165) is 18.1 Å². The molecule has 0 bridgehead atoms. The number of alkyl carbamates (subject to hydrolysis) is 1. The molecule has 2 rings (SSSR count). The van der Waals surface area contributed by atoms with Crippen LogP contribution in [0, 0.1) is 0 Å². The third-order valence-electron chi connectivity index (χ3n) is 3.46. The van der Waals surface area contributed by atoms with Gasteiger partial charge in [-0.3, -0.25) is 4.57 Å². The van der Waals surface area contributed by atoms with Crippen LogP contribution < -0.4 is 16.0 Å². The number of rotatable bonds is 7. The molecule has 9 nitrogen and oxygen atoms in total. The highest BCUT2D eigenvalue weighted by Crippen LogP contribution is 2.09. The number of hydrogen-bond donors (Lipinski definition) is 3. The summed E-state index contributed by atoms with van der Waals surface area (Å²) >= 11 is 0. The quantitative estimate of drug-likeness (QED) is 0.380. The number of benzene rings is 1. The Labute approximate surface area is 165 Å². The summed E-state index contributed by atoms with van der Waals surface area (Å²) in [7, 11) is 0. The minimum Gasteiger partial charge on any atom is -0.444 e. The van der Waals surface area contributed by atoms with Crippen LogP contribution in [0.2, 0.25) is 0 Å². The molecule has 0 aliphatic heterocycles. The van der Waals surface area contributed by atoms with Crippen molar-refractivity contribution in [3.63, 3.8) is 0 Å². The zero-order valence-electron chi connectivity index (χ0n) is 16.9. The second-order valence-corrected chi connectivity index (χ2v) is 7.00. The maximum absolute atomic E-state index is 11.7. The van der Waals surface area contributed by atoms with E-state index in [9.17, 15) is 4.79 Å². The average Bonchev–Trinajstić information content (AvgIpc) is 3.11. The summed E-state index contributed by atoms with van der Waals surface area (Å²) in [6.45, 7) is 9.48. The molecule has 28 heavy (non-hydrogen) atoms. The number of hydrogen-bond acceptors (Lipinski definition) is 5. The van der Waals surface area contributed by atoms with Crippen LogP contribution in [0.3, 0.4) is 0 Å². The van der Waals surface area contributed by atoms with Gasteiger partial charge in [0.05, 0.1) is 0 Å². The molecular weight excluding hydrogens is 358 g/mol. The smallest absolute Gasteiger partial charge is 0.407 e. The van der Waals surface area contributed by atoms with Crippen LogP contribution in [-0.2, 0) is 11.3 Å². The van der Waals surface area contributed by atoms with Gasteiger partial charge in [-0.1, -0.05) is 18.2 Å². The number of carbonyl (C=O) groups excluding carboxylic acids is 1. The Morgan fingerprint density at radius 3 is 2.54 bits per heavy atom. The molecule has 152 valence electrons. The van der Waals surface area contributed by atoms with Gasteiger partial charge < -0.3 is 20.7 Å². The molecule has 0 atom stereocenters. The number of amides is 1. The van der Waals surface area contributed by atoms with Gasteiger partial charge in [0.1, 0.15) is 18.5 Å². The molecule has 2 aromatic rings. The molecule has 0 spiro atoms. The monoisotopic (exact) mass is 387 g/mol. The molecule has 0 aliphatic rings. The van der Waals surface area contributed by atoms with Crippen molar-refractivity contribution in [2.45, 2.75) is 39.8 Å². The Morgan fingerprint density at radius 1 is 1.14 bits per heavy atom. The number of carbonyl (C=O) groups is 1. The minimum absolute atomic E-state index is 0.365. The molecule has 1 amide bonds. The van der Waals surface area contributed by atoms with Gasteiger partial charge >= 0.3 is 6.09 Å². The van der Waals surface area contributed by atoms with E-state index in [4.69, 9.17) is 4.74 Å². The summed E-state index contributed by atoms with van der Waals surface area (Å²) in [6.07, 6.45) is 1.23. The summed E-state index contributed by atoms with van der Waals surface area (Å²) in [4.78, 5) is 16.2. The molecule has 0 fully saturated rings. The molecule has 9 heteroatoms. The third kappa shape index (κ3) is 7.26. The van der Waals surface area contributed by atoms with Gasteiger partial charge in [-0.25, -0.2) is 9.79 Å². The lowest BCUT2D eigenvalue weighted by atomic mass is 10.2. The van der Waals surface area contributed by atoms with Crippen molar-refractivity contribution in [2.24, 2.45) is 4.99 Å². The highest BCUT2D eigenvalue weighted by Gasteiger charge is 2.15. The number of ether oxygens (including phenoxy) is 1. The van der Waals surface area contributed by atoms with Gasteiger partial charge in [0.15, 0.2) is 11.8 Å². The van der Waals surface area contributed by atoms with Crippen LogP contribution in [0.5, 0.6) is 0 Å². The van der Waals surface area contributed by atoms with Gasteiger partial charge in [0.25, 0.3) is 0 Å². The predicted octanol–water partition coefficient (Wildman–Crippen LogP) is 1.85. The average molecular weight is 387 g/mol. The lowest BCUT2D eigenvalue weighted by Crippen LogP contribution is -2.42. The molecule has 0 unspecified atom stereocenters. The number of para-hydroxylation sites is 1. The van der Waals surface area contributed by atoms with Crippen molar-refractivity contribution < 1.29 is 9.53 Å². The molecule has 0 aliphatic carbocycles. The van der Waals surface area contributed by atoms with Gasteiger partial charge in [0, 0.05) is 25.3 Å². The topological polar surface area (TPSA) is 105 Å². The van der Waals surface area contributed by atoms with Crippen molar-refractivity contribution in [3.8, 4) is 5.69 Å². The van der Waals surface area contributed by atoms with Crippen LogP contribution in [0.1, 0.15) is 33.5 Å². The number of nitrogens with zero attached hydrogens (tertiary/aromatic N) is 4. The Balaban J connectivity index is 1.88. The maximum atomic E-state index is 11.7. The fraction of sp³-hybridized carbons (Fsp3) is 0.474. The molecule has 1 aromatic carbocycles. The minimum atomic E-state index is -0.511. The molecule has 3 N–H and O–H groups in total. The van der Waals surface area contributed by atoms with Crippen molar-refractivity contribution >= 4 is 12.1 Å². The van der Waals surface area contributed by atoms with Crippen LogP contribution in [0.4, 0.5) is 4.79 Å². The van der Waals surface area contributed by atoms with E-state index in [1.54, 1.807) is 6.33 Å². The van der Waals surface area contributed by atoms with E-state index in [1.165, 1.54) is 0 Å². The lowest BCUT2D eigenvalue weighted by Gasteiger charge is -2.19. The predicted molar refractivity (Wildman–Crippen MR) is 108 cm³/mol. The summed E-state index contributed by atoms with van der Waals surface area (Å²) in [5.74, 6) is 1.37. The van der Waals surface area contributed by atoms with E-state index in [-0.39, 0.29) is 0 Å². The SMILES string of the molecule is CCNC(=NCc1nncn1-c1ccccc1)NCCNC(=O)OC(C)(C)C. The maximum Gasteiger partial charge on any atom is 0.407 e. The number of aromatic nitrogens is 3. The van der Waals surface area contributed by atoms with Crippen molar-refractivity contribution in [1.29, 1.82) is 0 Å². The van der Waals surface area contributed by atoms with E-state index in [1.807, 2.05) is 62.6 Å². The van der Waals surface area contributed by atoms with E-state index >= 15 is 0 Å². The fourth-order valence-corrected chi connectivity index (χ4v) is 2.32. The number of aliphatic imine (C=N–C) groups is 1.